The number of nitrogens with one attached hydrogen (secondary N) is 1. The van der Waals surface area contributed by atoms with Gasteiger partial charge in [0.05, 0.1) is 17.1 Å². The molecule has 2 aromatic carbocycles. The van der Waals surface area contributed by atoms with Gasteiger partial charge in [0.15, 0.2) is 0 Å². The number of carbonyl (C=O) groups excluding carboxylic acids is 1. The second kappa shape index (κ2) is 7.27. The molecule has 0 heterocycles. The Labute approximate surface area is 134 Å². The molecule has 3 nitrogen and oxygen atoms in total. The Kier molecular flexibility index (Phi) is 5.39. The predicted molar refractivity (Wildman–Crippen MR) is 85.2 cm³/mol. The van der Waals surface area contributed by atoms with Crippen molar-refractivity contribution < 1.29 is 13.9 Å². The van der Waals surface area contributed by atoms with Crippen molar-refractivity contribution in [3.63, 3.8) is 0 Å². The van der Waals surface area contributed by atoms with Crippen molar-refractivity contribution in [2.24, 2.45) is 0 Å². The van der Waals surface area contributed by atoms with Crippen LogP contribution in [0, 0.1) is 19.7 Å². The lowest BCUT2D eigenvalue weighted by atomic mass is 10.1. The Hall–Kier alpha value is -2.07. The highest BCUT2D eigenvalue weighted by Crippen LogP contribution is 2.22. The third kappa shape index (κ3) is 3.77. The molecule has 0 aliphatic rings. The first-order chi connectivity index (χ1) is 10.5. The van der Waals surface area contributed by atoms with Crippen molar-refractivity contribution in [2.45, 2.75) is 13.8 Å². The van der Waals surface area contributed by atoms with E-state index >= 15 is 0 Å². The normalized spacial score (nSPS) is 10.4. The predicted octanol–water partition coefficient (Wildman–Crippen LogP) is 3.90. The minimum atomic E-state index is -0.638. The number of carbonyl (C=O) groups is 1. The minimum absolute atomic E-state index is 0.0909. The Morgan fingerprint density at radius 3 is 2.45 bits per heavy atom. The average Bonchev–Trinajstić information content (AvgIpc) is 2.45. The van der Waals surface area contributed by atoms with E-state index in [9.17, 15) is 9.18 Å². The highest BCUT2D eigenvalue weighted by molar-refractivity contribution is 6.33. The molecule has 0 radical (unpaired) electrons. The molecule has 5 heteroatoms. The van der Waals surface area contributed by atoms with E-state index in [1.807, 2.05) is 32.0 Å². The molecule has 0 aromatic heterocycles. The third-order valence-electron chi connectivity index (χ3n) is 3.23. The van der Waals surface area contributed by atoms with Crippen LogP contribution in [-0.4, -0.2) is 19.1 Å². The van der Waals surface area contributed by atoms with E-state index in [4.69, 9.17) is 16.3 Å². The zero-order valence-corrected chi connectivity index (χ0v) is 13.2. The number of rotatable bonds is 5. The Bertz CT molecular complexity index is 648. The van der Waals surface area contributed by atoms with Crippen LogP contribution in [0.25, 0.3) is 0 Å². The summed E-state index contributed by atoms with van der Waals surface area (Å²) in [5.41, 5.74) is 1.92. The summed E-state index contributed by atoms with van der Waals surface area (Å²) in [4.78, 5) is 11.9. The molecule has 0 unspecified atom stereocenters. The van der Waals surface area contributed by atoms with Crippen LogP contribution in [-0.2, 0) is 0 Å². The van der Waals surface area contributed by atoms with E-state index in [1.54, 1.807) is 0 Å². The number of para-hydroxylation sites is 1. The SMILES string of the molecule is Cc1cccc(C)c1OCCNC(=O)c1c(F)cccc1Cl. The molecule has 0 spiro atoms. The summed E-state index contributed by atoms with van der Waals surface area (Å²) in [6.45, 7) is 4.47. The van der Waals surface area contributed by atoms with Gasteiger partial charge in [-0.15, -0.1) is 0 Å². The van der Waals surface area contributed by atoms with Crippen molar-refractivity contribution in [1.82, 2.24) is 5.32 Å². The number of amides is 1. The molecule has 0 aliphatic carbocycles. The molecular weight excluding hydrogens is 305 g/mol. The summed E-state index contributed by atoms with van der Waals surface area (Å²) < 4.78 is 19.3. The Morgan fingerprint density at radius 2 is 1.82 bits per heavy atom. The molecular formula is C17H17ClFNO2. The number of aryl methyl sites for hydroxylation is 2. The lowest BCUT2D eigenvalue weighted by Crippen LogP contribution is -2.29. The highest BCUT2D eigenvalue weighted by Gasteiger charge is 2.15. The maximum Gasteiger partial charge on any atom is 0.255 e. The Balaban J connectivity index is 1.90. The van der Waals surface area contributed by atoms with Gasteiger partial charge in [-0.1, -0.05) is 35.9 Å². The van der Waals surface area contributed by atoms with Crippen molar-refractivity contribution in [1.29, 1.82) is 0 Å². The van der Waals surface area contributed by atoms with Crippen molar-refractivity contribution in [3.05, 3.63) is 63.9 Å². The van der Waals surface area contributed by atoms with Crippen molar-refractivity contribution in [3.8, 4) is 5.75 Å². The lowest BCUT2D eigenvalue weighted by Gasteiger charge is -2.12. The van der Waals surface area contributed by atoms with Gasteiger partial charge in [0.1, 0.15) is 18.2 Å². The molecule has 0 bridgehead atoms. The quantitative estimate of drug-likeness (QED) is 0.848. The smallest absolute Gasteiger partial charge is 0.255 e. The van der Waals surface area contributed by atoms with E-state index in [0.29, 0.717) is 6.61 Å². The zero-order chi connectivity index (χ0) is 16.1. The highest BCUT2D eigenvalue weighted by atomic mass is 35.5. The molecule has 1 N–H and O–H groups in total. The topological polar surface area (TPSA) is 38.3 Å². The maximum absolute atomic E-state index is 13.6. The number of halogens is 2. The second-order valence-electron chi connectivity index (χ2n) is 4.92. The van der Waals surface area contributed by atoms with E-state index in [2.05, 4.69) is 5.32 Å². The third-order valence-corrected chi connectivity index (χ3v) is 3.55. The van der Waals surface area contributed by atoms with Gasteiger partial charge in [0.2, 0.25) is 0 Å². The van der Waals surface area contributed by atoms with E-state index in [-0.39, 0.29) is 17.1 Å². The fraction of sp³-hybridized carbons (Fsp3) is 0.235. The number of ether oxygens (including phenoxy) is 1. The van der Waals surface area contributed by atoms with Gasteiger partial charge in [-0.3, -0.25) is 4.79 Å². The molecule has 0 aliphatic heterocycles. The number of hydrogen-bond acceptors (Lipinski definition) is 2. The molecule has 0 atom stereocenters. The van der Waals surface area contributed by atoms with Crippen LogP contribution < -0.4 is 10.1 Å². The number of hydrogen-bond donors (Lipinski definition) is 1. The number of benzene rings is 2. The summed E-state index contributed by atoms with van der Waals surface area (Å²) in [6.07, 6.45) is 0. The zero-order valence-electron chi connectivity index (χ0n) is 12.5. The first kappa shape index (κ1) is 16.3. The van der Waals surface area contributed by atoms with Gasteiger partial charge in [0, 0.05) is 0 Å². The van der Waals surface area contributed by atoms with Crippen LogP contribution in [0.1, 0.15) is 21.5 Å². The summed E-state index contributed by atoms with van der Waals surface area (Å²) in [7, 11) is 0. The summed E-state index contributed by atoms with van der Waals surface area (Å²) in [5, 5.41) is 2.69. The molecule has 0 saturated heterocycles. The summed E-state index contributed by atoms with van der Waals surface area (Å²) in [6, 6.07) is 10.0. The summed E-state index contributed by atoms with van der Waals surface area (Å²) >= 11 is 5.84. The fourth-order valence-electron chi connectivity index (χ4n) is 2.15. The minimum Gasteiger partial charge on any atom is -0.491 e. The standard InChI is InChI=1S/C17H17ClFNO2/c1-11-5-3-6-12(2)16(11)22-10-9-20-17(21)15-13(18)7-4-8-14(15)19/h3-8H,9-10H2,1-2H3,(H,20,21). The summed E-state index contributed by atoms with van der Waals surface area (Å²) in [5.74, 6) is -0.380. The first-order valence-electron chi connectivity index (χ1n) is 6.92. The molecule has 1 amide bonds. The van der Waals surface area contributed by atoms with Crippen LogP contribution in [0.5, 0.6) is 5.75 Å². The monoisotopic (exact) mass is 321 g/mol. The molecule has 2 rings (SSSR count). The lowest BCUT2D eigenvalue weighted by molar-refractivity contribution is 0.0943. The molecule has 0 fully saturated rings. The van der Waals surface area contributed by atoms with Crippen molar-refractivity contribution in [2.75, 3.05) is 13.2 Å². The fourth-order valence-corrected chi connectivity index (χ4v) is 2.40. The van der Waals surface area contributed by atoms with Crippen LogP contribution in [0.2, 0.25) is 5.02 Å². The molecule has 116 valence electrons. The van der Waals surface area contributed by atoms with E-state index in [1.165, 1.54) is 18.2 Å². The van der Waals surface area contributed by atoms with E-state index < -0.39 is 11.7 Å². The first-order valence-corrected chi connectivity index (χ1v) is 7.29. The van der Waals surface area contributed by atoms with Gasteiger partial charge in [0.25, 0.3) is 5.91 Å². The second-order valence-corrected chi connectivity index (χ2v) is 5.33. The van der Waals surface area contributed by atoms with Gasteiger partial charge in [-0.05, 0) is 37.1 Å². The van der Waals surface area contributed by atoms with Gasteiger partial charge < -0.3 is 10.1 Å². The maximum atomic E-state index is 13.6. The van der Waals surface area contributed by atoms with Crippen molar-refractivity contribution >= 4 is 17.5 Å². The molecule has 2 aromatic rings. The average molecular weight is 322 g/mol. The molecule has 22 heavy (non-hydrogen) atoms. The molecule has 0 saturated carbocycles. The van der Waals surface area contributed by atoms with Crippen LogP contribution in [0.3, 0.4) is 0 Å². The van der Waals surface area contributed by atoms with Crippen LogP contribution in [0.4, 0.5) is 4.39 Å². The Morgan fingerprint density at radius 1 is 1.18 bits per heavy atom. The van der Waals surface area contributed by atoms with Gasteiger partial charge in [-0.25, -0.2) is 4.39 Å². The van der Waals surface area contributed by atoms with Gasteiger partial charge >= 0.3 is 0 Å². The van der Waals surface area contributed by atoms with Crippen LogP contribution in [0.15, 0.2) is 36.4 Å². The van der Waals surface area contributed by atoms with Gasteiger partial charge in [-0.2, -0.15) is 0 Å². The largest absolute Gasteiger partial charge is 0.491 e. The van der Waals surface area contributed by atoms with E-state index in [0.717, 1.165) is 16.9 Å². The van der Waals surface area contributed by atoms with Crippen LogP contribution >= 0.6 is 11.6 Å².